The summed E-state index contributed by atoms with van der Waals surface area (Å²) >= 11 is 0. The van der Waals surface area contributed by atoms with Gasteiger partial charge in [-0.2, -0.15) is 0 Å². The second-order valence-electron chi connectivity index (χ2n) is 15.0. The maximum Gasteiger partial charge on any atom is 0.160 e. The van der Waals surface area contributed by atoms with Crippen LogP contribution in [0.15, 0.2) is 223 Å². The summed E-state index contributed by atoms with van der Waals surface area (Å²) in [5, 5.41) is 4.65. The molecule has 0 aliphatic carbocycles. The van der Waals surface area contributed by atoms with Crippen LogP contribution in [0.2, 0.25) is 0 Å². The molecule has 0 N–H and O–H groups in total. The van der Waals surface area contributed by atoms with E-state index in [1.54, 1.807) is 0 Å². The lowest BCUT2D eigenvalue weighted by Crippen LogP contribution is -1.97. The van der Waals surface area contributed by atoms with Crippen molar-refractivity contribution in [3.8, 4) is 78.4 Å². The Morgan fingerprint density at radius 2 is 0.814 bits per heavy atom. The van der Waals surface area contributed by atoms with E-state index in [1.807, 2.05) is 30.3 Å². The largest absolute Gasteiger partial charge is 0.456 e. The Balaban J connectivity index is 1.12. The zero-order valence-corrected chi connectivity index (χ0v) is 32.1. The number of furan rings is 1. The van der Waals surface area contributed by atoms with Crippen LogP contribution < -0.4 is 0 Å². The summed E-state index contributed by atoms with van der Waals surface area (Å²) in [6.45, 7) is 0. The SMILES string of the molecule is c1ccc(-c2nc(-c3cccc(-c4ccc5ccccc5c4)c3)cc(-c3cc(-c4ccc5oc6ccccc6c5c4)cc(-c4ccccc4-c4ccccc4)c3)n2)cc1. The highest BCUT2D eigenvalue weighted by molar-refractivity contribution is 6.06. The Morgan fingerprint density at radius 3 is 1.64 bits per heavy atom. The number of aromatic nitrogens is 2. The van der Waals surface area contributed by atoms with Gasteiger partial charge in [-0.3, -0.25) is 0 Å². The summed E-state index contributed by atoms with van der Waals surface area (Å²) in [7, 11) is 0. The minimum atomic E-state index is 0.678. The lowest BCUT2D eigenvalue weighted by Gasteiger charge is -2.15. The average molecular weight is 753 g/mol. The average Bonchev–Trinajstić information content (AvgIpc) is 3.70. The summed E-state index contributed by atoms with van der Waals surface area (Å²) in [6, 6.07) is 77.2. The van der Waals surface area contributed by atoms with Gasteiger partial charge in [0.15, 0.2) is 5.82 Å². The van der Waals surface area contributed by atoms with Gasteiger partial charge in [0.2, 0.25) is 0 Å². The van der Waals surface area contributed by atoms with Gasteiger partial charge in [-0.15, -0.1) is 0 Å². The molecule has 0 spiro atoms. The Labute approximate surface area is 342 Å². The van der Waals surface area contributed by atoms with Crippen molar-refractivity contribution < 1.29 is 4.42 Å². The summed E-state index contributed by atoms with van der Waals surface area (Å²) in [6.07, 6.45) is 0. The maximum atomic E-state index is 6.24. The van der Waals surface area contributed by atoms with E-state index in [2.05, 4.69) is 188 Å². The first-order valence-corrected chi connectivity index (χ1v) is 20.0. The van der Waals surface area contributed by atoms with E-state index >= 15 is 0 Å². The van der Waals surface area contributed by atoms with Crippen LogP contribution in [0.4, 0.5) is 0 Å². The monoisotopic (exact) mass is 752 g/mol. The van der Waals surface area contributed by atoms with E-state index in [9.17, 15) is 0 Å². The molecule has 2 aromatic heterocycles. The van der Waals surface area contributed by atoms with E-state index in [0.717, 1.165) is 77.8 Å². The van der Waals surface area contributed by atoms with Crippen molar-refractivity contribution >= 4 is 32.7 Å². The van der Waals surface area contributed by atoms with Crippen molar-refractivity contribution in [3.63, 3.8) is 0 Å². The number of fused-ring (bicyclic) bond motifs is 4. The van der Waals surface area contributed by atoms with Gasteiger partial charge >= 0.3 is 0 Å². The second kappa shape index (κ2) is 14.6. The van der Waals surface area contributed by atoms with E-state index in [1.165, 1.54) is 27.5 Å². The van der Waals surface area contributed by atoms with Crippen molar-refractivity contribution in [2.24, 2.45) is 0 Å². The molecule has 2 heterocycles. The standard InChI is InChI=1S/C56H36N2O/c1-3-15-38(16-4-1)48-22-9-10-23-49(48)46-32-45(43-28-29-55-51(35-43)50-24-11-12-25-54(50)59-55)33-47(34-46)53-36-52(57-56(58-53)39-17-5-2-6-18-39)44-21-13-20-41(31-44)42-27-26-37-14-7-8-19-40(37)30-42/h1-36H. The number of rotatable bonds is 7. The van der Waals surface area contributed by atoms with Crippen LogP contribution in [0, 0.1) is 0 Å². The van der Waals surface area contributed by atoms with Crippen LogP contribution >= 0.6 is 0 Å². The molecular weight excluding hydrogens is 717 g/mol. The minimum absolute atomic E-state index is 0.678. The molecule has 59 heavy (non-hydrogen) atoms. The van der Waals surface area contributed by atoms with Gasteiger partial charge in [0.05, 0.1) is 11.4 Å². The lowest BCUT2D eigenvalue weighted by atomic mass is 9.90. The molecule has 9 aromatic carbocycles. The van der Waals surface area contributed by atoms with Gasteiger partial charge in [-0.1, -0.05) is 164 Å². The van der Waals surface area contributed by atoms with E-state index in [0.29, 0.717) is 5.82 Å². The Bertz CT molecular complexity index is 3330. The molecule has 11 rings (SSSR count). The highest BCUT2D eigenvalue weighted by atomic mass is 16.3. The topological polar surface area (TPSA) is 38.9 Å². The van der Waals surface area contributed by atoms with Crippen molar-refractivity contribution in [3.05, 3.63) is 218 Å². The number of para-hydroxylation sites is 1. The molecule has 0 fully saturated rings. The molecule has 0 saturated heterocycles. The van der Waals surface area contributed by atoms with Crippen LogP contribution in [-0.2, 0) is 0 Å². The van der Waals surface area contributed by atoms with Crippen molar-refractivity contribution in [1.29, 1.82) is 0 Å². The predicted octanol–water partition coefficient (Wildman–Crippen LogP) is 15.2. The first-order chi connectivity index (χ1) is 29.2. The lowest BCUT2D eigenvalue weighted by molar-refractivity contribution is 0.669. The first-order valence-electron chi connectivity index (χ1n) is 20.0. The van der Waals surface area contributed by atoms with Crippen molar-refractivity contribution in [1.82, 2.24) is 9.97 Å². The van der Waals surface area contributed by atoms with Crippen LogP contribution in [-0.4, -0.2) is 9.97 Å². The summed E-state index contributed by atoms with van der Waals surface area (Å²) in [5.74, 6) is 0.678. The third kappa shape index (κ3) is 6.55. The summed E-state index contributed by atoms with van der Waals surface area (Å²) < 4.78 is 6.24. The molecule has 0 amide bonds. The third-order valence-corrected chi connectivity index (χ3v) is 11.3. The molecule has 0 bridgehead atoms. The Kier molecular flexibility index (Phi) is 8.49. The van der Waals surface area contributed by atoms with Gasteiger partial charge in [0.25, 0.3) is 0 Å². The van der Waals surface area contributed by atoms with Crippen LogP contribution in [0.1, 0.15) is 0 Å². The molecule has 11 aromatic rings. The fraction of sp³-hybridized carbons (Fsp3) is 0. The predicted molar refractivity (Wildman–Crippen MR) is 245 cm³/mol. The van der Waals surface area contributed by atoms with E-state index in [4.69, 9.17) is 14.4 Å². The van der Waals surface area contributed by atoms with Crippen LogP contribution in [0.5, 0.6) is 0 Å². The van der Waals surface area contributed by atoms with Gasteiger partial charge in [0.1, 0.15) is 11.2 Å². The maximum absolute atomic E-state index is 6.24. The minimum Gasteiger partial charge on any atom is -0.456 e. The van der Waals surface area contributed by atoms with Crippen molar-refractivity contribution in [2.75, 3.05) is 0 Å². The second-order valence-corrected chi connectivity index (χ2v) is 15.0. The third-order valence-electron chi connectivity index (χ3n) is 11.3. The van der Waals surface area contributed by atoms with Gasteiger partial charge in [0, 0.05) is 27.5 Å². The molecule has 3 heteroatoms. The molecule has 0 atom stereocenters. The fourth-order valence-corrected chi connectivity index (χ4v) is 8.29. The highest BCUT2D eigenvalue weighted by Crippen LogP contribution is 2.40. The van der Waals surface area contributed by atoms with Crippen molar-refractivity contribution in [2.45, 2.75) is 0 Å². The summed E-state index contributed by atoms with van der Waals surface area (Å²) in [4.78, 5) is 10.6. The number of hydrogen-bond donors (Lipinski definition) is 0. The number of nitrogens with zero attached hydrogens (tertiary/aromatic N) is 2. The molecular formula is C56H36N2O. The highest BCUT2D eigenvalue weighted by Gasteiger charge is 2.17. The van der Waals surface area contributed by atoms with Gasteiger partial charge < -0.3 is 4.42 Å². The van der Waals surface area contributed by atoms with Gasteiger partial charge in [-0.25, -0.2) is 9.97 Å². The molecule has 276 valence electrons. The number of hydrogen-bond acceptors (Lipinski definition) is 3. The zero-order chi connectivity index (χ0) is 39.1. The van der Waals surface area contributed by atoms with Crippen LogP contribution in [0.3, 0.4) is 0 Å². The molecule has 3 nitrogen and oxygen atoms in total. The van der Waals surface area contributed by atoms with E-state index < -0.39 is 0 Å². The first kappa shape index (κ1) is 34.4. The zero-order valence-electron chi connectivity index (χ0n) is 32.1. The van der Waals surface area contributed by atoms with E-state index in [-0.39, 0.29) is 0 Å². The molecule has 0 unspecified atom stereocenters. The fourth-order valence-electron chi connectivity index (χ4n) is 8.29. The van der Waals surface area contributed by atoms with Gasteiger partial charge in [-0.05, 0) is 110 Å². The molecule has 0 aliphatic rings. The smallest absolute Gasteiger partial charge is 0.160 e. The molecule has 0 aliphatic heterocycles. The number of benzene rings is 9. The summed E-state index contributed by atoms with van der Waals surface area (Å²) in [5.41, 5.74) is 15.6. The Morgan fingerprint density at radius 1 is 0.271 bits per heavy atom. The normalized spacial score (nSPS) is 11.4. The quantitative estimate of drug-likeness (QED) is 0.163. The van der Waals surface area contributed by atoms with Crippen LogP contribution in [0.25, 0.3) is 111 Å². The molecule has 0 radical (unpaired) electrons. The Hall–Kier alpha value is -7.88. The molecule has 0 saturated carbocycles.